The van der Waals surface area contributed by atoms with Gasteiger partial charge in [0.15, 0.2) is 4.34 Å². The molecule has 0 spiro atoms. The van der Waals surface area contributed by atoms with Gasteiger partial charge in [-0.15, -0.1) is 10.2 Å². The third-order valence-electron chi connectivity index (χ3n) is 3.69. The van der Waals surface area contributed by atoms with Gasteiger partial charge in [-0.05, 0) is 58.1 Å². The van der Waals surface area contributed by atoms with Gasteiger partial charge in [0.25, 0.3) is 5.91 Å². The number of nitrogens with one attached hydrogen (secondary N) is 1. The predicted octanol–water partition coefficient (Wildman–Crippen LogP) is 4.40. The first-order valence-electron chi connectivity index (χ1n) is 9.09. The lowest BCUT2D eigenvalue weighted by Gasteiger charge is -2.21. The van der Waals surface area contributed by atoms with Gasteiger partial charge in [0.2, 0.25) is 5.13 Å². The van der Waals surface area contributed by atoms with Crippen molar-refractivity contribution in [1.29, 1.82) is 0 Å². The van der Waals surface area contributed by atoms with Gasteiger partial charge in [0.1, 0.15) is 11.4 Å². The Morgan fingerprint density at radius 3 is 2.44 bits per heavy atom. The number of benzene rings is 1. The number of carbonyl (C=O) groups is 1. The second kappa shape index (κ2) is 10.1. The molecule has 0 atom stereocenters. The zero-order valence-electron chi connectivity index (χ0n) is 16.6. The van der Waals surface area contributed by atoms with Gasteiger partial charge < -0.3 is 9.64 Å². The summed E-state index contributed by atoms with van der Waals surface area (Å²) in [5.74, 6) is 1.49. The highest BCUT2D eigenvalue weighted by molar-refractivity contribution is 8.01. The number of nitrogens with zero attached hydrogens (tertiary/aromatic N) is 3. The van der Waals surface area contributed by atoms with Crippen LogP contribution >= 0.6 is 23.1 Å². The summed E-state index contributed by atoms with van der Waals surface area (Å²) < 4.78 is 6.64. The minimum absolute atomic E-state index is 0.201. The first kappa shape index (κ1) is 21.7. The quantitative estimate of drug-likeness (QED) is 0.490. The maximum Gasteiger partial charge on any atom is 0.257 e. The van der Waals surface area contributed by atoms with Crippen LogP contribution in [0.5, 0.6) is 5.75 Å². The van der Waals surface area contributed by atoms with E-state index in [2.05, 4.69) is 34.3 Å². The van der Waals surface area contributed by atoms with Gasteiger partial charge >= 0.3 is 0 Å². The number of hydrogen-bond donors (Lipinski definition) is 1. The van der Waals surface area contributed by atoms with Crippen LogP contribution in [0.4, 0.5) is 5.13 Å². The van der Waals surface area contributed by atoms with E-state index < -0.39 is 0 Å². The van der Waals surface area contributed by atoms with Crippen molar-refractivity contribution < 1.29 is 9.53 Å². The SMILES string of the molecule is CCN(CC)CCSc1nnc(NC(=O)c2ccc(OC(C)(C)C)cc2)s1. The molecule has 6 nitrogen and oxygen atoms in total. The van der Waals surface area contributed by atoms with E-state index in [1.54, 1.807) is 36.0 Å². The summed E-state index contributed by atoms with van der Waals surface area (Å²) in [5.41, 5.74) is 0.289. The molecule has 1 aromatic carbocycles. The highest BCUT2D eigenvalue weighted by Crippen LogP contribution is 2.26. The van der Waals surface area contributed by atoms with Crippen molar-refractivity contribution >= 4 is 34.1 Å². The molecule has 0 radical (unpaired) electrons. The van der Waals surface area contributed by atoms with E-state index in [-0.39, 0.29) is 11.5 Å². The average Bonchev–Trinajstić information content (AvgIpc) is 3.05. The second-order valence-corrected chi connectivity index (χ2v) is 9.26. The minimum Gasteiger partial charge on any atom is -0.488 e. The molecule has 2 aromatic rings. The molecule has 0 saturated heterocycles. The Balaban J connectivity index is 1.86. The Bertz CT molecular complexity index is 722. The minimum atomic E-state index is -0.268. The Kier molecular flexibility index (Phi) is 8.07. The zero-order valence-corrected chi connectivity index (χ0v) is 18.2. The van der Waals surface area contributed by atoms with E-state index in [4.69, 9.17) is 4.74 Å². The zero-order chi connectivity index (χ0) is 19.9. The third-order valence-corrected chi connectivity index (χ3v) is 5.65. The number of thioether (sulfide) groups is 1. The molecule has 0 fully saturated rings. The van der Waals surface area contributed by atoms with Crippen LogP contribution in [-0.2, 0) is 0 Å². The van der Waals surface area contributed by atoms with Crippen LogP contribution < -0.4 is 10.1 Å². The summed E-state index contributed by atoms with van der Waals surface area (Å²) in [5, 5.41) is 11.5. The van der Waals surface area contributed by atoms with Crippen LogP contribution in [0.1, 0.15) is 45.0 Å². The summed E-state index contributed by atoms with van der Waals surface area (Å²) in [7, 11) is 0. The molecule has 1 amide bonds. The molecule has 8 heteroatoms. The number of hydrogen-bond acceptors (Lipinski definition) is 7. The average molecular weight is 409 g/mol. The number of carbonyl (C=O) groups excluding carboxylic acids is 1. The van der Waals surface area contributed by atoms with Crippen LogP contribution in [0.25, 0.3) is 0 Å². The van der Waals surface area contributed by atoms with Crippen LogP contribution in [0, 0.1) is 0 Å². The molecule has 1 aromatic heterocycles. The maximum absolute atomic E-state index is 12.4. The molecule has 148 valence electrons. The van der Waals surface area contributed by atoms with Gasteiger partial charge in [-0.2, -0.15) is 0 Å². The fourth-order valence-electron chi connectivity index (χ4n) is 2.32. The fraction of sp³-hybridized carbons (Fsp3) is 0.526. The van der Waals surface area contributed by atoms with Crippen molar-refractivity contribution in [3.63, 3.8) is 0 Å². The Morgan fingerprint density at radius 2 is 1.85 bits per heavy atom. The van der Waals surface area contributed by atoms with Crippen LogP contribution in [0.2, 0.25) is 0 Å². The molecule has 1 heterocycles. The van der Waals surface area contributed by atoms with E-state index >= 15 is 0 Å². The topological polar surface area (TPSA) is 67.4 Å². The molecular weight excluding hydrogens is 380 g/mol. The van der Waals surface area contributed by atoms with Gasteiger partial charge in [-0.25, -0.2) is 0 Å². The summed E-state index contributed by atoms with van der Waals surface area (Å²) in [6, 6.07) is 7.10. The van der Waals surface area contributed by atoms with Crippen molar-refractivity contribution in [2.24, 2.45) is 0 Å². The summed E-state index contributed by atoms with van der Waals surface area (Å²) in [4.78, 5) is 14.7. The highest BCUT2D eigenvalue weighted by Gasteiger charge is 2.14. The number of rotatable bonds is 9. The predicted molar refractivity (Wildman–Crippen MR) is 113 cm³/mol. The largest absolute Gasteiger partial charge is 0.488 e. The molecule has 0 aliphatic carbocycles. The van der Waals surface area contributed by atoms with Gasteiger partial charge in [0.05, 0.1) is 0 Å². The monoisotopic (exact) mass is 408 g/mol. The first-order valence-corrected chi connectivity index (χ1v) is 10.9. The van der Waals surface area contributed by atoms with E-state index in [1.165, 1.54) is 11.3 Å². The molecule has 27 heavy (non-hydrogen) atoms. The van der Waals surface area contributed by atoms with Crippen molar-refractivity contribution in [3.8, 4) is 5.75 Å². The molecule has 1 N–H and O–H groups in total. The summed E-state index contributed by atoms with van der Waals surface area (Å²) >= 11 is 3.07. The van der Waals surface area contributed by atoms with Crippen LogP contribution in [-0.4, -0.2) is 52.0 Å². The normalized spacial score (nSPS) is 11.6. The molecule has 2 rings (SSSR count). The Morgan fingerprint density at radius 1 is 1.19 bits per heavy atom. The van der Waals surface area contributed by atoms with E-state index in [0.29, 0.717) is 10.7 Å². The number of amides is 1. The molecule has 0 aliphatic heterocycles. The van der Waals surface area contributed by atoms with E-state index in [0.717, 1.165) is 35.5 Å². The summed E-state index contributed by atoms with van der Waals surface area (Å²) in [6.45, 7) is 13.4. The fourth-order valence-corrected chi connectivity index (χ4v) is 4.14. The molecule has 0 bridgehead atoms. The number of anilines is 1. The van der Waals surface area contributed by atoms with Crippen LogP contribution in [0.15, 0.2) is 28.6 Å². The number of ether oxygens (including phenoxy) is 1. The lowest BCUT2D eigenvalue weighted by molar-refractivity contribution is 0.102. The standard InChI is InChI=1S/C19H28N4O2S2/c1-6-23(7-2)12-13-26-18-22-21-17(27-18)20-16(24)14-8-10-15(11-9-14)25-19(3,4)5/h8-11H,6-7,12-13H2,1-5H3,(H,20,21,24). The second-order valence-electron chi connectivity index (χ2n) is 6.94. The first-order chi connectivity index (χ1) is 12.8. The van der Waals surface area contributed by atoms with Crippen molar-refractivity contribution in [1.82, 2.24) is 15.1 Å². The van der Waals surface area contributed by atoms with E-state index in [1.807, 2.05) is 20.8 Å². The van der Waals surface area contributed by atoms with Gasteiger partial charge in [0, 0.05) is 17.9 Å². The van der Waals surface area contributed by atoms with Gasteiger partial charge in [-0.3, -0.25) is 10.1 Å². The molecule has 0 saturated carbocycles. The lowest BCUT2D eigenvalue weighted by atomic mass is 10.1. The van der Waals surface area contributed by atoms with E-state index in [9.17, 15) is 4.79 Å². The molecule has 0 aliphatic rings. The molecule has 0 unspecified atom stereocenters. The van der Waals surface area contributed by atoms with Gasteiger partial charge in [-0.1, -0.05) is 36.9 Å². The maximum atomic E-state index is 12.4. The van der Waals surface area contributed by atoms with Crippen molar-refractivity contribution in [3.05, 3.63) is 29.8 Å². The molecular formula is C19H28N4O2S2. The number of aromatic nitrogens is 2. The Labute approximate surface area is 169 Å². The van der Waals surface area contributed by atoms with Crippen molar-refractivity contribution in [2.75, 3.05) is 30.7 Å². The highest BCUT2D eigenvalue weighted by atomic mass is 32.2. The Hall–Kier alpha value is -1.64. The lowest BCUT2D eigenvalue weighted by Crippen LogP contribution is -2.25. The third kappa shape index (κ3) is 7.48. The smallest absolute Gasteiger partial charge is 0.257 e. The van der Waals surface area contributed by atoms with Crippen molar-refractivity contribution in [2.45, 2.75) is 44.6 Å². The van der Waals surface area contributed by atoms with Crippen LogP contribution in [0.3, 0.4) is 0 Å². The summed E-state index contributed by atoms with van der Waals surface area (Å²) in [6.07, 6.45) is 0.